The molecule has 0 saturated heterocycles. The second-order valence-electron chi connectivity index (χ2n) is 3.87. The van der Waals surface area contributed by atoms with E-state index in [0.717, 1.165) is 4.60 Å². The van der Waals surface area contributed by atoms with Crippen LogP contribution in [-0.2, 0) is 0 Å². The molecule has 22 heavy (non-hydrogen) atoms. The summed E-state index contributed by atoms with van der Waals surface area (Å²) in [7, 11) is 0. The molecule has 4 nitrogen and oxygen atoms in total. The van der Waals surface area contributed by atoms with Gasteiger partial charge in [-0.1, -0.05) is 0 Å². The van der Waals surface area contributed by atoms with Gasteiger partial charge in [0.05, 0.1) is 25.4 Å². The van der Waals surface area contributed by atoms with E-state index in [0.29, 0.717) is 10.4 Å². The van der Waals surface area contributed by atoms with Crippen LogP contribution in [0.2, 0.25) is 0 Å². The molecule has 0 aromatic carbocycles. The Morgan fingerprint density at radius 2 is 1.59 bits per heavy atom. The smallest absolute Gasteiger partial charge is 0.392 e. The molecule has 2 aromatic heterocycles. The van der Waals surface area contributed by atoms with Crippen LogP contribution in [0.5, 0.6) is 11.5 Å². The molecule has 0 bridgehead atoms. The highest BCUT2D eigenvalue weighted by Crippen LogP contribution is 2.20. The van der Waals surface area contributed by atoms with Crippen molar-refractivity contribution in [3.05, 3.63) is 45.9 Å². The van der Waals surface area contributed by atoms with E-state index in [1.165, 1.54) is 12.4 Å². The lowest BCUT2D eigenvalue weighted by Crippen LogP contribution is -2.13. The largest absolute Gasteiger partial charge is 0.506 e. The number of rotatable bonds is 3. The van der Waals surface area contributed by atoms with Gasteiger partial charge in [0.25, 0.3) is 0 Å². The van der Waals surface area contributed by atoms with Crippen molar-refractivity contribution in [2.24, 2.45) is 0 Å². The summed E-state index contributed by atoms with van der Waals surface area (Å²) in [5.74, 6) is 0.519. The molecule has 0 radical (unpaired) electrons. The van der Waals surface area contributed by atoms with Crippen molar-refractivity contribution in [3.8, 4) is 11.5 Å². The summed E-state index contributed by atoms with van der Waals surface area (Å²) in [4.78, 5) is 7.55. The highest BCUT2D eigenvalue weighted by atomic mass is 79.9. The predicted octanol–water partition coefficient (Wildman–Crippen LogP) is 4.73. The number of aromatic nitrogens is 2. The van der Waals surface area contributed by atoms with Crippen molar-refractivity contribution in [3.63, 3.8) is 0 Å². The summed E-state index contributed by atoms with van der Waals surface area (Å²) in [6, 6.07) is 6.39. The fraction of sp³-hybridized carbons (Fsp3) is 0.231. The van der Waals surface area contributed by atoms with Gasteiger partial charge in [0.15, 0.2) is 0 Å². The second-order valence-corrected chi connectivity index (χ2v) is 5.49. The van der Waals surface area contributed by atoms with E-state index < -0.39 is 12.6 Å². The lowest BCUT2D eigenvalue weighted by molar-refractivity contribution is -0.139. The van der Waals surface area contributed by atoms with Gasteiger partial charge in [-0.25, -0.2) is 9.97 Å². The average Bonchev–Trinajstić information content (AvgIpc) is 2.44. The first kappa shape index (κ1) is 18.7. The molecule has 0 fully saturated rings. The van der Waals surface area contributed by atoms with Crippen LogP contribution in [0.3, 0.4) is 0 Å². The van der Waals surface area contributed by atoms with E-state index in [-0.39, 0.29) is 12.4 Å². The maximum absolute atomic E-state index is 11.7. The third-order valence-corrected chi connectivity index (χ3v) is 3.00. The number of aromatic hydroxyl groups is 1. The molecule has 0 aliphatic carbocycles. The van der Waals surface area contributed by atoms with Crippen molar-refractivity contribution in [2.45, 2.75) is 12.6 Å². The van der Waals surface area contributed by atoms with Gasteiger partial charge in [0, 0.05) is 0 Å². The molecule has 1 N–H and O–H groups in total. The van der Waals surface area contributed by atoms with Crippen LogP contribution in [0.15, 0.2) is 45.9 Å². The van der Waals surface area contributed by atoms with E-state index in [2.05, 4.69) is 41.8 Å². The molecule has 0 atom stereocenters. The molecule has 0 aliphatic rings. The third kappa shape index (κ3) is 8.83. The Kier molecular flexibility index (Phi) is 7.60. The van der Waals surface area contributed by atoms with Crippen LogP contribution in [0.1, 0.15) is 6.42 Å². The van der Waals surface area contributed by atoms with E-state index in [1.807, 2.05) is 0 Å². The number of ether oxygens (including phenoxy) is 1. The zero-order valence-electron chi connectivity index (χ0n) is 11.0. The number of alkyl halides is 3. The second kappa shape index (κ2) is 8.94. The molecule has 2 heterocycles. The molecule has 0 spiro atoms. The van der Waals surface area contributed by atoms with Crippen LogP contribution in [-0.4, -0.2) is 27.9 Å². The van der Waals surface area contributed by atoms with Gasteiger partial charge in [0.2, 0.25) is 0 Å². The zero-order chi connectivity index (χ0) is 16.6. The summed E-state index contributed by atoms with van der Waals surface area (Å²) in [6.07, 6.45) is -2.39. The molecule has 2 rings (SSSR count). The van der Waals surface area contributed by atoms with Gasteiger partial charge in [-0.3, -0.25) is 0 Å². The fourth-order valence-corrected chi connectivity index (χ4v) is 1.57. The SMILES string of the molecule is FC(F)(F)CCOc1ccc(Br)nc1.Oc1ccc(Br)nc1. The van der Waals surface area contributed by atoms with Crippen LogP contribution in [0, 0.1) is 0 Å². The Balaban J connectivity index is 0.000000255. The predicted molar refractivity (Wildman–Crippen MR) is 81.7 cm³/mol. The molecule has 2 aromatic rings. The van der Waals surface area contributed by atoms with Crippen molar-refractivity contribution in [2.75, 3.05) is 6.61 Å². The number of halogens is 5. The van der Waals surface area contributed by atoms with Gasteiger partial charge in [-0.15, -0.1) is 0 Å². The topological polar surface area (TPSA) is 55.2 Å². The zero-order valence-corrected chi connectivity index (χ0v) is 14.2. The molecule has 120 valence electrons. The quantitative estimate of drug-likeness (QED) is 0.697. The Labute approximate surface area is 141 Å². The van der Waals surface area contributed by atoms with Crippen LogP contribution in [0.25, 0.3) is 0 Å². The summed E-state index contributed by atoms with van der Waals surface area (Å²) in [5, 5.41) is 8.67. The maximum atomic E-state index is 11.7. The molecule has 0 saturated carbocycles. The average molecular weight is 444 g/mol. The number of hydrogen-bond acceptors (Lipinski definition) is 4. The molecule has 9 heteroatoms. The van der Waals surface area contributed by atoms with Gasteiger partial charge in [0.1, 0.15) is 20.7 Å². The van der Waals surface area contributed by atoms with Gasteiger partial charge in [-0.2, -0.15) is 13.2 Å². The Hall–Kier alpha value is -1.35. The molecule has 0 amide bonds. The van der Waals surface area contributed by atoms with E-state index in [1.54, 1.807) is 24.3 Å². The lowest BCUT2D eigenvalue weighted by atomic mass is 10.4. The van der Waals surface area contributed by atoms with Crippen LogP contribution in [0.4, 0.5) is 13.2 Å². The Bertz CT molecular complexity index is 542. The maximum Gasteiger partial charge on any atom is 0.392 e. The summed E-state index contributed by atoms with van der Waals surface area (Å²) in [6.45, 7) is -0.382. The first-order valence-electron chi connectivity index (χ1n) is 5.88. The molecular formula is C13H11Br2F3N2O2. The van der Waals surface area contributed by atoms with E-state index in [9.17, 15) is 13.2 Å². The molecule has 0 unspecified atom stereocenters. The summed E-state index contributed by atoms with van der Waals surface area (Å²) in [5.41, 5.74) is 0. The third-order valence-electron chi connectivity index (χ3n) is 2.07. The first-order chi connectivity index (χ1) is 10.3. The highest BCUT2D eigenvalue weighted by Gasteiger charge is 2.26. The van der Waals surface area contributed by atoms with Gasteiger partial charge < -0.3 is 9.84 Å². The van der Waals surface area contributed by atoms with Crippen molar-refractivity contribution in [1.82, 2.24) is 9.97 Å². The van der Waals surface area contributed by atoms with Crippen molar-refractivity contribution >= 4 is 31.9 Å². The normalized spacial score (nSPS) is 10.6. The minimum Gasteiger partial charge on any atom is -0.506 e. The first-order valence-corrected chi connectivity index (χ1v) is 7.46. The lowest BCUT2D eigenvalue weighted by Gasteiger charge is -2.07. The van der Waals surface area contributed by atoms with Gasteiger partial charge in [-0.05, 0) is 56.1 Å². The minimum absolute atomic E-state index is 0.188. The minimum atomic E-state index is -4.18. The standard InChI is InChI=1S/C8H7BrF3NO.C5H4BrNO/c9-7-2-1-6(5-13-7)14-4-3-8(10,11)12;6-5-2-1-4(8)3-7-5/h1-2,5H,3-4H2;1-3,8H. The molecule has 0 aliphatic heterocycles. The van der Waals surface area contributed by atoms with E-state index >= 15 is 0 Å². The fourth-order valence-electron chi connectivity index (χ4n) is 1.10. The summed E-state index contributed by atoms with van der Waals surface area (Å²) >= 11 is 6.22. The van der Waals surface area contributed by atoms with Gasteiger partial charge >= 0.3 is 6.18 Å². The Morgan fingerprint density at radius 3 is 2.00 bits per heavy atom. The number of pyridine rings is 2. The van der Waals surface area contributed by atoms with Crippen LogP contribution >= 0.6 is 31.9 Å². The van der Waals surface area contributed by atoms with E-state index in [4.69, 9.17) is 9.84 Å². The highest BCUT2D eigenvalue weighted by molar-refractivity contribution is 9.10. The van der Waals surface area contributed by atoms with Crippen molar-refractivity contribution in [1.29, 1.82) is 0 Å². The Morgan fingerprint density at radius 1 is 1.00 bits per heavy atom. The molecular weight excluding hydrogens is 433 g/mol. The van der Waals surface area contributed by atoms with Crippen LogP contribution < -0.4 is 4.74 Å². The number of hydrogen-bond donors (Lipinski definition) is 1. The number of nitrogens with zero attached hydrogens (tertiary/aromatic N) is 2. The monoisotopic (exact) mass is 442 g/mol. The van der Waals surface area contributed by atoms with Crippen molar-refractivity contribution < 1.29 is 23.0 Å². The summed E-state index contributed by atoms with van der Waals surface area (Å²) < 4.78 is 41.3.